The Balaban J connectivity index is 1.67. The molecule has 4 heterocycles. The standard InChI is InChI=1S/C14H10N6O2/c21-14-12-9(4-6-16-12)17-8-20(14)7-11-18-13(19-22-11)10-3-1-2-5-15-10/h1-6,8,16H,7H2. The Morgan fingerprint density at radius 2 is 2.18 bits per heavy atom. The second kappa shape index (κ2) is 4.92. The molecule has 4 aromatic rings. The van der Waals surface area contributed by atoms with E-state index in [0.29, 0.717) is 28.4 Å². The van der Waals surface area contributed by atoms with E-state index < -0.39 is 0 Å². The number of rotatable bonds is 3. The summed E-state index contributed by atoms with van der Waals surface area (Å²) < 4.78 is 6.58. The molecule has 1 N–H and O–H groups in total. The summed E-state index contributed by atoms with van der Waals surface area (Å²) in [6.07, 6.45) is 4.79. The maximum absolute atomic E-state index is 12.3. The fraction of sp³-hybridized carbons (Fsp3) is 0.0714. The minimum absolute atomic E-state index is 0.153. The SMILES string of the molecule is O=c1c2[nH]ccc2ncn1Cc1nc(-c2ccccn2)no1. The smallest absolute Gasteiger partial charge is 0.278 e. The van der Waals surface area contributed by atoms with Crippen LogP contribution in [0.2, 0.25) is 0 Å². The van der Waals surface area contributed by atoms with E-state index in [9.17, 15) is 4.79 Å². The monoisotopic (exact) mass is 294 g/mol. The van der Waals surface area contributed by atoms with Gasteiger partial charge in [0, 0.05) is 12.4 Å². The minimum Gasteiger partial charge on any atom is -0.355 e. The molecule has 0 aliphatic heterocycles. The third kappa shape index (κ3) is 2.06. The second-order valence-corrected chi connectivity index (χ2v) is 4.64. The van der Waals surface area contributed by atoms with Gasteiger partial charge in [-0.15, -0.1) is 0 Å². The van der Waals surface area contributed by atoms with Crippen molar-refractivity contribution >= 4 is 11.0 Å². The molecule has 0 spiro atoms. The third-order valence-electron chi connectivity index (χ3n) is 3.20. The normalized spacial score (nSPS) is 11.1. The molecule has 0 amide bonds. The van der Waals surface area contributed by atoms with E-state index in [1.54, 1.807) is 30.6 Å². The predicted molar refractivity (Wildman–Crippen MR) is 77.0 cm³/mol. The average Bonchev–Trinajstić information content (AvgIpc) is 3.20. The van der Waals surface area contributed by atoms with E-state index in [1.807, 2.05) is 6.07 Å². The van der Waals surface area contributed by atoms with Crippen LogP contribution < -0.4 is 5.56 Å². The second-order valence-electron chi connectivity index (χ2n) is 4.64. The topological polar surface area (TPSA) is 102 Å². The van der Waals surface area contributed by atoms with Crippen LogP contribution in [0.1, 0.15) is 5.89 Å². The molecule has 108 valence electrons. The lowest BCUT2D eigenvalue weighted by Crippen LogP contribution is -2.21. The van der Waals surface area contributed by atoms with Crippen molar-refractivity contribution in [2.24, 2.45) is 0 Å². The number of pyridine rings is 1. The highest BCUT2D eigenvalue weighted by atomic mass is 16.5. The first kappa shape index (κ1) is 12.5. The van der Waals surface area contributed by atoms with Gasteiger partial charge in [0.05, 0.1) is 11.8 Å². The van der Waals surface area contributed by atoms with Crippen molar-refractivity contribution in [2.75, 3.05) is 0 Å². The Bertz CT molecular complexity index is 985. The van der Waals surface area contributed by atoms with Gasteiger partial charge in [-0.2, -0.15) is 4.98 Å². The van der Waals surface area contributed by atoms with E-state index in [2.05, 4.69) is 25.1 Å². The third-order valence-corrected chi connectivity index (χ3v) is 3.20. The molecule has 8 heteroatoms. The molecule has 0 aliphatic carbocycles. The van der Waals surface area contributed by atoms with Crippen molar-refractivity contribution in [2.45, 2.75) is 6.54 Å². The van der Waals surface area contributed by atoms with Gasteiger partial charge in [-0.1, -0.05) is 11.2 Å². The fourth-order valence-electron chi connectivity index (χ4n) is 2.14. The largest absolute Gasteiger partial charge is 0.355 e. The van der Waals surface area contributed by atoms with Crippen LogP contribution in [0.15, 0.2) is 52.3 Å². The van der Waals surface area contributed by atoms with Crippen molar-refractivity contribution in [3.63, 3.8) is 0 Å². The molecule has 0 fully saturated rings. The highest BCUT2D eigenvalue weighted by Crippen LogP contribution is 2.12. The van der Waals surface area contributed by atoms with Gasteiger partial charge in [0.2, 0.25) is 11.7 Å². The van der Waals surface area contributed by atoms with Crippen molar-refractivity contribution in [3.05, 3.63) is 59.2 Å². The maximum atomic E-state index is 12.3. The van der Waals surface area contributed by atoms with Crippen LogP contribution in [0, 0.1) is 0 Å². The van der Waals surface area contributed by atoms with Gasteiger partial charge >= 0.3 is 0 Å². The number of nitrogens with one attached hydrogen (secondary N) is 1. The van der Waals surface area contributed by atoms with Gasteiger partial charge in [-0.25, -0.2) is 4.98 Å². The Morgan fingerprint density at radius 1 is 1.23 bits per heavy atom. The number of H-pyrrole nitrogens is 1. The number of hydrogen-bond acceptors (Lipinski definition) is 6. The Labute approximate surface area is 123 Å². The maximum Gasteiger partial charge on any atom is 0.278 e. The number of nitrogens with zero attached hydrogens (tertiary/aromatic N) is 5. The molecule has 0 aliphatic rings. The van der Waals surface area contributed by atoms with Crippen LogP contribution in [-0.2, 0) is 6.54 Å². The van der Waals surface area contributed by atoms with Crippen LogP contribution in [-0.4, -0.2) is 29.7 Å². The molecule has 0 atom stereocenters. The lowest BCUT2D eigenvalue weighted by Gasteiger charge is -2.00. The van der Waals surface area contributed by atoms with Crippen molar-refractivity contribution < 1.29 is 4.52 Å². The average molecular weight is 294 g/mol. The molecule has 0 radical (unpaired) electrons. The molecule has 4 rings (SSSR count). The number of aromatic amines is 1. The van der Waals surface area contributed by atoms with E-state index >= 15 is 0 Å². The molecule has 22 heavy (non-hydrogen) atoms. The Kier molecular flexibility index (Phi) is 2.78. The zero-order valence-electron chi connectivity index (χ0n) is 11.3. The quantitative estimate of drug-likeness (QED) is 0.609. The summed E-state index contributed by atoms with van der Waals surface area (Å²) in [7, 11) is 0. The summed E-state index contributed by atoms with van der Waals surface area (Å²) in [6.45, 7) is 0.153. The van der Waals surface area contributed by atoms with E-state index in [1.165, 1.54) is 10.9 Å². The van der Waals surface area contributed by atoms with Crippen molar-refractivity contribution in [1.29, 1.82) is 0 Å². The summed E-state index contributed by atoms with van der Waals surface area (Å²) in [5.74, 6) is 0.702. The van der Waals surface area contributed by atoms with Gasteiger partial charge in [-0.3, -0.25) is 14.3 Å². The van der Waals surface area contributed by atoms with Gasteiger partial charge < -0.3 is 9.51 Å². The van der Waals surface area contributed by atoms with E-state index in [-0.39, 0.29) is 12.1 Å². The van der Waals surface area contributed by atoms with Gasteiger partial charge in [-0.05, 0) is 18.2 Å². The van der Waals surface area contributed by atoms with Crippen LogP contribution in [0.5, 0.6) is 0 Å². The summed E-state index contributed by atoms with van der Waals surface area (Å²) >= 11 is 0. The zero-order chi connectivity index (χ0) is 14.9. The van der Waals surface area contributed by atoms with Crippen LogP contribution in [0.3, 0.4) is 0 Å². The molecule has 0 saturated carbocycles. The predicted octanol–water partition coefficient (Wildman–Crippen LogP) is 1.22. The number of aromatic nitrogens is 6. The van der Waals surface area contributed by atoms with Crippen LogP contribution in [0.25, 0.3) is 22.6 Å². The number of hydrogen-bond donors (Lipinski definition) is 1. The Morgan fingerprint density at radius 3 is 3.05 bits per heavy atom. The molecular formula is C14H10N6O2. The molecular weight excluding hydrogens is 284 g/mol. The zero-order valence-corrected chi connectivity index (χ0v) is 11.3. The molecule has 0 unspecified atom stereocenters. The summed E-state index contributed by atoms with van der Waals surface area (Å²) in [5, 5.41) is 3.87. The highest BCUT2D eigenvalue weighted by molar-refractivity contribution is 5.73. The number of fused-ring (bicyclic) bond motifs is 1. The molecule has 4 aromatic heterocycles. The highest BCUT2D eigenvalue weighted by Gasteiger charge is 2.12. The Hall–Kier alpha value is -3.29. The molecule has 0 saturated heterocycles. The van der Waals surface area contributed by atoms with Crippen molar-refractivity contribution in [1.82, 2.24) is 29.7 Å². The van der Waals surface area contributed by atoms with Crippen LogP contribution in [0.4, 0.5) is 0 Å². The van der Waals surface area contributed by atoms with E-state index in [0.717, 1.165) is 0 Å². The molecule has 0 bridgehead atoms. The lowest BCUT2D eigenvalue weighted by molar-refractivity contribution is 0.369. The lowest BCUT2D eigenvalue weighted by atomic mass is 10.3. The molecule has 0 aromatic carbocycles. The summed E-state index contributed by atoms with van der Waals surface area (Å²) in [5.41, 5.74) is 1.50. The fourth-order valence-corrected chi connectivity index (χ4v) is 2.14. The van der Waals surface area contributed by atoms with Crippen LogP contribution >= 0.6 is 0 Å². The first-order valence-corrected chi connectivity index (χ1v) is 6.58. The minimum atomic E-state index is -0.187. The van der Waals surface area contributed by atoms with Gasteiger partial charge in [0.15, 0.2) is 0 Å². The summed E-state index contributed by atoms with van der Waals surface area (Å²) in [6, 6.07) is 7.17. The van der Waals surface area contributed by atoms with E-state index in [4.69, 9.17) is 4.52 Å². The first-order chi connectivity index (χ1) is 10.8. The molecule has 8 nitrogen and oxygen atoms in total. The first-order valence-electron chi connectivity index (χ1n) is 6.58. The van der Waals surface area contributed by atoms with Gasteiger partial charge in [0.1, 0.15) is 17.8 Å². The van der Waals surface area contributed by atoms with Crippen molar-refractivity contribution in [3.8, 4) is 11.5 Å². The summed E-state index contributed by atoms with van der Waals surface area (Å²) in [4.78, 5) is 27.7. The van der Waals surface area contributed by atoms with Gasteiger partial charge in [0.25, 0.3) is 5.56 Å².